The third-order valence-electron chi connectivity index (χ3n) is 7.19. The second-order valence-electron chi connectivity index (χ2n) is 10.4. The number of benzene rings is 2. The highest BCUT2D eigenvalue weighted by atomic mass is 19.4. The minimum absolute atomic E-state index is 0.0947. The lowest BCUT2D eigenvalue weighted by Gasteiger charge is -2.39. The van der Waals surface area contributed by atoms with E-state index in [1.807, 2.05) is 30.9 Å². The zero-order valence-electron chi connectivity index (χ0n) is 23.2. The molecule has 1 aliphatic rings. The Kier molecular flexibility index (Phi) is 9.20. The van der Waals surface area contributed by atoms with Gasteiger partial charge in [0, 0.05) is 42.8 Å². The van der Waals surface area contributed by atoms with Crippen LogP contribution in [0.1, 0.15) is 41.9 Å². The number of carbonyl (C=O) groups excluding carboxylic acids is 3. The van der Waals surface area contributed by atoms with E-state index in [2.05, 4.69) is 10.2 Å². The van der Waals surface area contributed by atoms with E-state index < -0.39 is 35.9 Å². The van der Waals surface area contributed by atoms with Crippen LogP contribution in [0.15, 0.2) is 54.6 Å². The number of piperidine rings is 1. The number of alkyl halides is 3. The van der Waals surface area contributed by atoms with Crippen LogP contribution in [-0.2, 0) is 21.0 Å². The second kappa shape index (κ2) is 12.6. The van der Waals surface area contributed by atoms with Gasteiger partial charge in [-0.2, -0.15) is 23.4 Å². The number of aromatic nitrogens is 1. The van der Waals surface area contributed by atoms with Crippen LogP contribution < -0.4 is 20.3 Å². The number of rotatable bonds is 7. The largest absolute Gasteiger partial charge is 0.618 e. The SMILES string of the molecule is Cc1cc(COc2ccc(C(=O)N[C@@H]3CN(C(C)C)CC[C@@H]3C(=O)NOC(=O)C(F)(F)F)cc2)c2ccccc2[n+]1[O-]. The zero-order valence-corrected chi connectivity index (χ0v) is 23.2. The first kappa shape index (κ1) is 30.6. The lowest BCUT2D eigenvalue weighted by Crippen LogP contribution is -2.58. The number of hydrogen-bond acceptors (Lipinski definition) is 7. The minimum atomic E-state index is -5.26. The minimum Gasteiger partial charge on any atom is -0.618 e. The average Bonchev–Trinajstić information content (AvgIpc) is 2.96. The Morgan fingerprint density at radius 3 is 2.48 bits per heavy atom. The molecule has 0 radical (unpaired) electrons. The Morgan fingerprint density at radius 2 is 1.81 bits per heavy atom. The van der Waals surface area contributed by atoms with Gasteiger partial charge in [-0.15, -0.1) is 0 Å². The number of para-hydroxylation sites is 1. The summed E-state index contributed by atoms with van der Waals surface area (Å²) in [6.45, 7) is 6.53. The highest BCUT2D eigenvalue weighted by Gasteiger charge is 2.43. The van der Waals surface area contributed by atoms with E-state index in [4.69, 9.17) is 4.74 Å². The second-order valence-corrected chi connectivity index (χ2v) is 10.4. The molecule has 42 heavy (non-hydrogen) atoms. The lowest BCUT2D eigenvalue weighted by molar-refractivity contribution is -0.584. The number of nitrogens with one attached hydrogen (secondary N) is 2. The van der Waals surface area contributed by atoms with E-state index >= 15 is 0 Å². The highest BCUT2D eigenvalue weighted by molar-refractivity contribution is 5.95. The summed E-state index contributed by atoms with van der Waals surface area (Å²) in [5, 5.41) is 15.9. The van der Waals surface area contributed by atoms with Crippen molar-refractivity contribution in [1.82, 2.24) is 15.7 Å². The fraction of sp³-hybridized carbons (Fsp3) is 0.379. The van der Waals surface area contributed by atoms with Gasteiger partial charge in [0.1, 0.15) is 12.4 Å². The van der Waals surface area contributed by atoms with Crippen LogP contribution in [0.2, 0.25) is 0 Å². The summed E-state index contributed by atoms with van der Waals surface area (Å²) in [5.74, 6) is -4.41. The van der Waals surface area contributed by atoms with E-state index in [1.165, 1.54) is 0 Å². The third-order valence-corrected chi connectivity index (χ3v) is 7.19. The van der Waals surface area contributed by atoms with E-state index in [1.54, 1.807) is 54.9 Å². The van der Waals surface area contributed by atoms with Crippen molar-refractivity contribution in [3.63, 3.8) is 0 Å². The Hall–Kier alpha value is -4.39. The van der Waals surface area contributed by atoms with Gasteiger partial charge in [-0.05, 0) is 57.1 Å². The number of aryl methyl sites for hydroxylation is 1. The number of hydroxylamine groups is 1. The van der Waals surface area contributed by atoms with Gasteiger partial charge in [0.25, 0.3) is 11.8 Å². The molecule has 1 aliphatic heterocycles. The maximum Gasteiger partial charge on any atom is 0.493 e. The van der Waals surface area contributed by atoms with E-state index in [0.29, 0.717) is 23.5 Å². The number of pyridine rings is 1. The maximum atomic E-state index is 13.1. The normalized spacial score (nSPS) is 17.6. The van der Waals surface area contributed by atoms with Crippen molar-refractivity contribution in [2.24, 2.45) is 5.92 Å². The van der Waals surface area contributed by atoms with Crippen LogP contribution in [0.3, 0.4) is 0 Å². The van der Waals surface area contributed by atoms with Crippen LogP contribution in [0.4, 0.5) is 13.2 Å². The summed E-state index contributed by atoms with van der Waals surface area (Å²) >= 11 is 0. The Bertz CT molecular complexity index is 1460. The molecule has 1 aromatic heterocycles. The molecule has 224 valence electrons. The molecular weight excluding hydrogens is 557 g/mol. The fourth-order valence-corrected chi connectivity index (χ4v) is 4.87. The molecular formula is C29H31F3N4O6. The molecule has 0 unspecified atom stereocenters. The number of hydrogen-bond donors (Lipinski definition) is 2. The van der Waals surface area contributed by atoms with Gasteiger partial charge in [0.05, 0.1) is 17.3 Å². The number of fused-ring (bicyclic) bond motifs is 1. The molecule has 2 heterocycles. The molecule has 1 saturated heterocycles. The Balaban J connectivity index is 1.41. The molecule has 0 spiro atoms. The van der Waals surface area contributed by atoms with Gasteiger partial charge in [-0.1, -0.05) is 12.1 Å². The molecule has 10 nitrogen and oxygen atoms in total. The molecule has 2 N–H and O–H groups in total. The summed E-state index contributed by atoms with van der Waals surface area (Å²) < 4.78 is 44.2. The first-order valence-electron chi connectivity index (χ1n) is 13.3. The topological polar surface area (TPSA) is 124 Å². The van der Waals surface area contributed by atoms with Crippen LogP contribution in [0.25, 0.3) is 10.9 Å². The Morgan fingerprint density at radius 1 is 1.12 bits per heavy atom. The zero-order chi connectivity index (χ0) is 30.6. The molecule has 4 rings (SSSR count). The van der Waals surface area contributed by atoms with Crippen LogP contribution in [-0.4, -0.2) is 54.0 Å². The lowest BCUT2D eigenvalue weighted by atomic mass is 9.90. The van der Waals surface area contributed by atoms with E-state index in [9.17, 15) is 32.8 Å². The predicted octanol–water partition coefficient (Wildman–Crippen LogP) is 3.33. The van der Waals surface area contributed by atoms with Gasteiger partial charge < -0.3 is 20.1 Å². The monoisotopic (exact) mass is 588 g/mol. The van der Waals surface area contributed by atoms with E-state index in [0.717, 1.165) is 15.7 Å². The summed E-state index contributed by atoms with van der Waals surface area (Å²) in [5.41, 5.74) is 3.76. The first-order chi connectivity index (χ1) is 19.8. The van der Waals surface area contributed by atoms with Gasteiger partial charge in [-0.25, -0.2) is 4.79 Å². The summed E-state index contributed by atoms with van der Waals surface area (Å²) in [7, 11) is 0. The average molecular weight is 589 g/mol. The van der Waals surface area contributed by atoms with Crippen molar-refractivity contribution in [3.05, 3.63) is 76.6 Å². The molecule has 0 aliphatic carbocycles. The molecule has 2 atom stereocenters. The molecule has 1 fully saturated rings. The smallest absolute Gasteiger partial charge is 0.493 e. The van der Waals surface area contributed by atoms with Crippen LogP contribution in [0.5, 0.6) is 5.75 Å². The third kappa shape index (κ3) is 7.08. The number of ether oxygens (including phenoxy) is 1. The van der Waals surface area contributed by atoms with Crippen molar-refractivity contribution in [2.45, 2.75) is 52.1 Å². The molecule has 0 bridgehead atoms. The van der Waals surface area contributed by atoms with Gasteiger partial charge in [-0.3, -0.25) is 14.5 Å². The highest BCUT2D eigenvalue weighted by Crippen LogP contribution is 2.23. The Labute approximate surface area is 239 Å². The van der Waals surface area contributed by atoms with E-state index in [-0.39, 0.29) is 31.2 Å². The summed E-state index contributed by atoms with van der Waals surface area (Å²) in [4.78, 5) is 42.7. The quantitative estimate of drug-likeness (QED) is 0.247. The van der Waals surface area contributed by atoms with Crippen molar-refractivity contribution >= 4 is 28.7 Å². The molecule has 2 aromatic carbocycles. The van der Waals surface area contributed by atoms with Crippen molar-refractivity contribution in [2.75, 3.05) is 13.1 Å². The number of amides is 2. The first-order valence-corrected chi connectivity index (χ1v) is 13.3. The number of likely N-dealkylation sites (tertiary alicyclic amines) is 1. The van der Waals surface area contributed by atoms with Crippen molar-refractivity contribution < 1.29 is 41.9 Å². The maximum absolute atomic E-state index is 13.1. The van der Waals surface area contributed by atoms with Crippen LogP contribution >= 0.6 is 0 Å². The van der Waals surface area contributed by atoms with Gasteiger partial charge >= 0.3 is 12.1 Å². The molecule has 0 saturated carbocycles. The summed E-state index contributed by atoms with van der Waals surface area (Å²) in [6.07, 6.45) is -5.03. The van der Waals surface area contributed by atoms with Crippen molar-refractivity contribution in [1.29, 1.82) is 0 Å². The number of carbonyl (C=O) groups is 3. The summed E-state index contributed by atoms with van der Waals surface area (Å²) in [6, 6.07) is 14.6. The fourth-order valence-electron chi connectivity index (χ4n) is 4.87. The van der Waals surface area contributed by atoms with Crippen LogP contribution in [0, 0.1) is 18.0 Å². The predicted molar refractivity (Wildman–Crippen MR) is 145 cm³/mol. The molecule has 13 heteroatoms. The van der Waals surface area contributed by atoms with Gasteiger partial charge in [0.2, 0.25) is 5.52 Å². The standard InChI is InChI=1S/C29H31F3N4O6/c1-17(2)35-13-12-23(27(38)34-42-28(39)29(30,31)32)24(15-35)33-26(37)19-8-10-21(11-9-19)41-16-20-14-18(3)36(40)25-7-5-4-6-22(20)25/h4-11,14,17,23-24H,12-13,15-16H2,1-3H3,(H,33,37)(H,34,38)/t23-,24+/m0/s1. The number of halogens is 3. The number of nitrogens with zero attached hydrogens (tertiary/aromatic N) is 2. The molecule has 2 amide bonds. The molecule has 3 aromatic rings. The van der Waals surface area contributed by atoms with Gasteiger partial charge in [0.15, 0.2) is 5.69 Å². The van der Waals surface area contributed by atoms with Crippen molar-refractivity contribution in [3.8, 4) is 5.75 Å².